The zero-order valence-corrected chi connectivity index (χ0v) is 16.5. The van der Waals surface area contributed by atoms with E-state index in [9.17, 15) is 4.79 Å². The first-order chi connectivity index (χ1) is 13.6. The predicted molar refractivity (Wildman–Crippen MR) is 109 cm³/mol. The molecular formula is C19H23N7OS. The number of hydrogen-bond acceptors (Lipinski definition) is 6. The van der Waals surface area contributed by atoms with E-state index in [1.54, 1.807) is 11.3 Å². The highest BCUT2D eigenvalue weighted by Gasteiger charge is 2.26. The van der Waals surface area contributed by atoms with Crippen LogP contribution < -0.4 is 11.1 Å². The Morgan fingerprint density at radius 1 is 1.39 bits per heavy atom. The van der Waals surface area contributed by atoms with Crippen LogP contribution in [0.1, 0.15) is 29.6 Å². The van der Waals surface area contributed by atoms with Crippen molar-refractivity contribution in [3.63, 3.8) is 0 Å². The van der Waals surface area contributed by atoms with Crippen molar-refractivity contribution in [3.8, 4) is 11.3 Å². The lowest BCUT2D eigenvalue weighted by Crippen LogP contribution is -2.43. The number of para-hydroxylation sites is 1. The minimum Gasteiger partial charge on any atom is -0.325 e. The van der Waals surface area contributed by atoms with Gasteiger partial charge in [0.25, 0.3) is 0 Å². The van der Waals surface area contributed by atoms with E-state index in [0.29, 0.717) is 13.1 Å². The number of aryl methyl sites for hydroxylation is 1. The molecule has 0 radical (unpaired) electrons. The van der Waals surface area contributed by atoms with Crippen LogP contribution in [0.2, 0.25) is 0 Å². The number of aromatic nitrogens is 4. The lowest BCUT2D eigenvalue weighted by Gasteiger charge is -2.32. The molecular weight excluding hydrogens is 374 g/mol. The summed E-state index contributed by atoms with van der Waals surface area (Å²) in [4.78, 5) is 19.3. The molecule has 3 aromatic rings. The van der Waals surface area contributed by atoms with Gasteiger partial charge in [0, 0.05) is 30.6 Å². The van der Waals surface area contributed by atoms with E-state index in [1.165, 1.54) is 0 Å². The molecule has 0 spiro atoms. The highest BCUT2D eigenvalue weighted by molar-refractivity contribution is 7.09. The Balaban J connectivity index is 1.48. The lowest BCUT2D eigenvalue weighted by atomic mass is 10.1. The summed E-state index contributed by atoms with van der Waals surface area (Å²) in [5, 5.41) is 14.3. The molecule has 8 nitrogen and oxygen atoms in total. The van der Waals surface area contributed by atoms with Gasteiger partial charge in [-0.3, -0.25) is 0 Å². The third-order valence-electron chi connectivity index (χ3n) is 4.89. The Kier molecular flexibility index (Phi) is 5.36. The van der Waals surface area contributed by atoms with Gasteiger partial charge in [0.2, 0.25) is 0 Å². The minimum absolute atomic E-state index is 0.108. The van der Waals surface area contributed by atoms with Crippen molar-refractivity contribution in [1.29, 1.82) is 0 Å². The third kappa shape index (κ3) is 3.90. The Morgan fingerprint density at radius 3 is 3.00 bits per heavy atom. The van der Waals surface area contributed by atoms with Gasteiger partial charge in [-0.05, 0) is 25.8 Å². The molecule has 1 aliphatic rings. The minimum atomic E-state index is -0.108. The van der Waals surface area contributed by atoms with Crippen molar-refractivity contribution in [2.24, 2.45) is 5.73 Å². The van der Waals surface area contributed by atoms with Gasteiger partial charge in [-0.1, -0.05) is 23.4 Å². The van der Waals surface area contributed by atoms with Crippen molar-refractivity contribution in [1.82, 2.24) is 24.9 Å². The molecule has 4 rings (SSSR count). The average molecular weight is 398 g/mol. The molecule has 0 saturated carbocycles. The summed E-state index contributed by atoms with van der Waals surface area (Å²) in [7, 11) is 0. The zero-order chi connectivity index (χ0) is 19.5. The van der Waals surface area contributed by atoms with E-state index in [1.807, 2.05) is 52.3 Å². The fourth-order valence-electron chi connectivity index (χ4n) is 3.44. The normalized spacial score (nSPS) is 16.9. The zero-order valence-electron chi connectivity index (χ0n) is 15.7. The topological polar surface area (TPSA) is 102 Å². The molecule has 28 heavy (non-hydrogen) atoms. The number of nitrogens with two attached hydrogens (primary N) is 1. The van der Waals surface area contributed by atoms with Crippen LogP contribution in [0.15, 0.2) is 35.8 Å². The number of piperidine rings is 1. The molecule has 1 saturated heterocycles. The van der Waals surface area contributed by atoms with Gasteiger partial charge < -0.3 is 16.0 Å². The largest absolute Gasteiger partial charge is 0.325 e. The van der Waals surface area contributed by atoms with Crippen LogP contribution in [0, 0.1) is 6.92 Å². The number of anilines is 1. The standard InChI is InChI=1S/C19H23N7OS/c1-13-21-18(12-28-13)16-6-2-3-7-17(16)22-19(27)25-8-4-5-15(11-25)26-10-14(9-20)23-24-26/h2-3,6-7,10,12,15H,4-5,8-9,11,20H2,1H3,(H,22,27). The van der Waals surface area contributed by atoms with Crippen molar-refractivity contribution in [2.45, 2.75) is 32.4 Å². The quantitative estimate of drug-likeness (QED) is 0.704. The first kappa shape index (κ1) is 18.6. The number of carbonyl (C=O) groups is 1. The van der Waals surface area contributed by atoms with Crippen LogP contribution in [0.25, 0.3) is 11.3 Å². The lowest BCUT2D eigenvalue weighted by molar-refractivity contribution is 0.174. The molecule has 1 fully saturated rings. The second-order valence-corrected chi connectivity index (χ2v) is 7.93. The summed E-state index contributed by atoms with van der Waals surface area (Å²) in [6, 6.07) is 7.77. The Bertz CT molecular complexity index is 967. The van der Waals surface area contributed by atoms with Gasteiger partial charge in [0.15, 0.2) is 0 Å². The molecule has 146 valence electrons. The molecule has 9 heteroatoms. The van der Waals surface area contributed by atoms with E-state index >= 15 is 0 Å². The molecule has 0 aliphatic carbocycles. The summed E-state index contributed by atoms with van der Waals surface area (Å²) < 4.78 is 1.83. The number of hydrogen-bond donors (Lipinski definition) is 2. The van der Waals surface area contributed by atoms with Gasteiger partial charge in [-0.25, -0.2) is 14.5 Å². The number of nitrogens with one attached hydrogen (secondary N) is 1. The average Bonchev–Trinajstić information content (AvgIpc) is 3.37. The highest BCUT2D eigenvalue weighted by Crippen LogP contribution is 2.29. The van der Waals surface area contributed by atoms with E-state index in [4.69, 9.17) is 5.73 Å². The number of benzene rings is 1. The third-order valence-corrected chi connectivity index (χ3v) is 5.66. The van der Waals surface area contributed by atoms with Crippen molar-refractivity contribution in [3.05, 3.63) is 46.5 Å². The number of amides is 2. The highest BCUT2D eigenvalue weighted by atomic mass is 32.1. The monoisotopic (exact) mass is 397 g/mol. The first-order valence-electron chi connectivity index (χ1n) is 9.32. The molecule has 0 bridgehead atoms. The van der Waals surface area contributed by atoms with Crippen molar-refractivity contribution < 1.29 is 4.79 Å². The van der Waals surface area contributed by atoms with Crippen LogP contribution in [0.3, 0.4) is 0 Å². The second-order valence-electron chi connectivity index (χ2n) is 6.86. The predicted octanol–water partition coefficient (Wildman–Crippen LogP) is 3.04. The Labute approximate surface area is 167 Å². The SMILES string of the molecule is Cc1nc(-c2ccccc2NC(=O)N2CCCC(n3cc(CN)nn3)C2)cs1. The molecule has 3 N–H and O–H groups in total. The number of thiazole rings is 1. The molecule has 1 aliphatic heterocycles. The maximum absolute atomic E-state index is 12.9. The van der Waals surface area contributed by atoms with Gasteiger partial charge in [0.1, 0.15) is 0 Å². The summed E-state index contributed by atoms with van der Waals surface area (Å²) in [5.41, 5.74) is 8.96. The van der Waals surface area contributed by atoms with Gasteiger partial charge in [-0.2, -0.15) is 0 Å². The number of urea groups is 1. The van der Waals surface area contributed by atoms with Gasteiger partial charge >= 0.3 is 6.03 Å². The van der Waals surface area contributed by atoms with Crippen LogP contribution in [0.5, 0.6) is 0 Å². The summed E-state index contributed by atoms with van der Waals surface area (Å²) >= 11 is 1.60. The molecule has 2 aromatic heterocycles. The number of rotatable bonds is 4. The van der Waals surface area contributed by atoms with Crippen LogP contribution in [-0.4, -0.2) is 44.0 Å². The Morgan fingerprint density at radius 2 is 2.25 bits per heavy atom. The first-order valence-corrected chi connectivity index (χ1v) is 10.2. The van der Waals surface area contributed by atoms with Gasteiger partial charge in [0.05, 0.1) is 34.3 Å². The summed E-state index contributed by atoms with van der Waals surface area (Å²) in [6.45, 7) is 3.66. The molecule has 3 heterocycles. The van der Waals surface area contributed by atoms with E-state index in [0.717, 1.165) is 47.0 Å². The maximum atomic E-state index is 12.9. The van der Waals surface area contributed by atoms with Crippen LogP contribution >= 0.6 is 11.3 Å². The smallest absolute Gasteiger partial charge is 0.321 e. The fraction of sp³-hybridized carbons (Fsp3) is 0.368. The van der Waals surface area contributed by atoms with Crippen molar-refractivity contribution >= 4 is 23.1 Å². The van der Waals surface area contributed by atoms with Gasteiger partial charge in [-0.15, -0.1) is 16.4 Å². The maximum Gasteiger partial charge on any atom is 0.321 e. The summed E-state index contributed by atoms with van der Waals surface area (Å²) in [6.07, 6.45) is 3.75. The molecule has 1 aromatic carbocycles. The Hall–Kier alpha value is -2.78. The van der Waals surface area contributed by atoms with Crippen LogP contribution in [-0.2, 0) is 6.54 Å². The molecule has 1 atom stereocenters. The van der Waals surface area contributed by atoms with E-state index in [-0.39, 0.29) is 12.1 Å². The fourth-order valence-corrected chi connectivity index (χ4v) is 4.05. The van der Waals surface area contributed by atoms with E-state index in [2.05, 4.69) is 20.6 Å². The van der Waals surface area contributed by atoms with Crippen LogP contribution in [0.4, 0.5) is 10.5 Å². The molecule has 2 amide bonds. The van der Waals surface area contributed by atoms with Crippen molar-refractivity contribution in [2.75, 3.05) is 18.4 Å². The second kappa shape index (κ2) is 8.07. The summed E-state index contributed by atoms with van der Waals surface area (Å²) in [5.74, 6) is 0. The van der Waals surface area contributed by atoms with E-state index < -0.39 is 0 Å². The number of likely N-dealkylation sites (tertiary alicyclic amines) is 1. The molecule has 1 unspecified atom stereocenters. The number of carbonyl (C=O) groups excluding carboxylic acids is 1. The number of nitrogens with zero attached hydrogens (tertiary/aromatic N) is 5.